The van der Waals surface area contributed by atoms with E-state index in [1.807, 2.05) is 13.8 Å². The largest absolute Gasteiger partial charge is 0.389 e. The van der Waals surface area contributed by atoms with Crippen molar-refractivity contribution in [3.05, 3.63) is 29.3 Å². The Kier molecular flexibility index (Phi) is 3.96. The Balaban J connectivity index is 2.94. The summed E-state index contributed by atoms with van der Waals surface area (Å²) in [5.74, 6) is 0. The van der Waals surface area contributed by atoms with Crippen molar-refractivity contribution in [1.29, 1.82) is 0 Å². The van der Waals surface area contributed by atoms with Crippen LogP contribution in [0.15, 0.2) is 23.1 Å². The first-order chi connectivity index (χ1) is 7.62. The van der Waals surface area contributed by atoms with Crippen LogP contribution in [0.1, 0.15) is 25.0 Å². The summed E-state index contributed by atoms with van der Waals surface area (Å²) in [5, 5.41) is 9.50. The second kappa shape index (κ2) is 4.76. The molecule has 0 saturated carbocycles. The molecule has 1 rings (SSSR count). The maximum absolute atomic E-state index is 11.9. The Labute approximate surface area is 103 Å². The SMILES string of the molecule is Cc1ccc(S(=O)(=O)NCC(C)(C)O)cc1C. The molecule has 0 aromatic heterocycles. The molecule has 0 fully saturated rings. The van der Waals surface area contributed by atoms with Crippen LogP contribution < -0.4 is 4.72 Å². The Morgan fingerprint density at radius 1 is 1.24 bits per heavy atom. The van der Waals surface area contributed by atoms with Gasteiger partial charge in [0.05, 0.1) is 10.5 Å². The average Bonchev–Trinajstić information content (AvgIpc) is 2.18. The van der Waals surface area contributed by atoms with E-state index in [0.717, 1.165) is 11.1 Å². The predicted octanol–water partition coefficient (Wildman–Crippen LogP) is 1.35. The predicted molar refractivity (Wildman–Crippen MR) is 67.4 cm³/mol. The van der Waals surface area contributed by atoms with E-state index in [1.54, 1.807) is 32.0 Å². The van der Waals surface area contributed by atoms with Crippen molar-refractivity contribution in [3.8, 4) is 0 Å². The van der Waals surface area contributed by atoms with E-state index in [2.05, 4.69) is 4.72 Å². The van der Waals surface area contributed by atoms with Crippen LogP contribution in [-0.4, -0.2) is 25.7 Å². The molecule has 1 aromatic carbocycles. The third-order valence-corrected chi connectivity index (χ3v) is 3.88. The topological polar surface area (TPSA) is 66.4 Å². The van der Waals surface area contributed by atoms with E-state index in [-0.39, 0.29) is 11.4 Å². The molecule has 2 N–H and O–H groups in total. The van der Waals surface area contributed by atoms with Crippen molar-refractivity contribution in [2.75, 3.05) is 6.54 Å². The summed E-state index contributed by atoms with van der Waals surface area (Å²) < 4.78 is 26.2. The molecule has 0 saturated heterocycles. The molecule has 0 aliphatic rings. The van der Waals surface area contributed by atoms with Crippen LogP contribution >= 0.6 is 0 Å². The number of hydrogen-bond acceptors (Lipinski definition) is 3. The van der Waals surface area contributed by atoms with Crippen molar-refractivity contribution in [2.45, 2.75) is 38.2 Å². The highest BCUT2D eigenvalue weighted by atomic mass is 32.2. The first-order valence-corrected chi connectivity index (χ1v) is 6.89. The first kappa shape index (κ1) is 14.2. The fourth-order valence-electron chi connectivity index (χ4n) is 1.24. The van der Waals surface area contributed by atoms with Gasteiger partial charge in [-0.1, -0.05) is 6.07 Å². The van der Waals surface area contributed by atoms with Crippen LogP contribution in [0.3, 0.4) is 0 Å². The van der Waals surface area contributed by atoms with Crippen LogP contribution in [0.25, 0.3) is 0 Å². The number of aliphatic hydroxyl groups is 1. The molecule has 4 nitrogen and oxygen atoms in total. The Morgan fingerprint density at radius 2 is 1.82 bits per heavy atom. The lowest BCUT2D eigenvalue weighted by molar-refractivity contribution is 0.0857. The zero-order chi connectivity index (χ0) is 13.3. The van der Waals surface area contributed by atoms with Crippen LogP contribution in [0, 0.1) is 13.8 Å². The molecule has 0 heterocycles. The molecule has 0 radical (unpaired) electrons. The maximum Gasteiger partial charge on any atom is 0.240 e. The van der Waals surface area contributed by atoms with Gasteiger partial charge in [-0.2, -0.15) is 0 Å². The second-order valence-corrected chi connectivity index (χ2v) is 6.65. The molecule has 96 valence electrons. The second-order valence-electron chi connectivity index (χ2n) is 4.88. The highest BCUT2D eigenvalue weighted by Crippen LogP contribution is 2.14. The van der Waals surface area contributed by atoms with Gasteiger partial charge in [0.25, 0.3) is 0 Å². The molecule has 1 aromatic rings. The molecule has 0 aliphatic carbocycles. The first-order valence-electron chi connectivity index (χ1n) is 5.41. The fourth-order valence-corrected chi connectivity index (χ4v) is 2.53. The van der Waals surface area contributed by atoms with Gasteiger partial charge in [-0.05, 0) is 51.0 Å². The van der Waals surface area contributed by atoms with E-state index in [0.29, 0.717) is 0 Å². The van der Waals surface area contributed by atoms with Crippen LogP contribution in [0.2, 0.25) is 0 Å². The van der Waals surface area contributed by atoms with E-state index >= 15 is 0 Å². The number of hydrogen-bond donors (Lipinski definition) is 2. The summed E-state index contributed by atoms with van der Waals surface area (Å²) in [6.07, 6.45) is 0. The number of aryl methyl sites for hydroxylation is 2. The summed E-state index contributed by atoms with van der Waals surface area (Å²) in [5.41, 5.74) is 0.912. The van der Waals surface area contributed by atoms with Crippen molar-refractivity contribution >= 4 is 10.0 Å². The minimum Gasteiger partial charge on any atom is -0.389 e. The normalized spacial score (nSPS) is 12.8. The molecule has 0 spiro atoms. The lowest BCUT2D eigenvalue weighted by Gasteiger charge is -2.18. The summed E-state index contributed by atoms with van der Waals surface area (Å²) >= 11 is 0. The van der Waals surface area contributed by atoms with Gasteiger partial charge in [0.15, 0.2) is 0 Å². The van der Waals surface area contributed by atoms with Crippen LogP contribution in [0.4, 0.5) is 0 Å². The third-order valence-electron chi connectivity index (χ3n) is 2.48. The van der Waals surface area contributed by atoms with E-state index in [9.17, 15) is 13.5 Å². The minimum atomic E-state index is -3.54. The van der Waals surface area contributed by atoms with E-state index in [1.165, 1.54) is 0 Å². The van der Waals surface area contributed by atoms with Crippen LogP contribution in [0.5, 0.6) is 0 Å². The fraction of sp³-hybridized carbons (Fsp3) is 0.500. The van der Waals surface area contributed by atoms with Crippen molar-refractivity contribution in [2.24, 2.45) is 0 Å². The molecule has 5 heteroatoms. The molecule has 0 atom stereocenters. The van der Waals surface area contributed by atoms with Crippen LogP contribution in [-0.2, 0) is 10.0 Å². The van der Waals surface area contributed by atoms with Gasteiger partial charge >= 0.3 is 0 Å². The average molecular weight is 257 g/mol. The highest BCUT2D eigenvalue weighted by molar-refractivity contribution is 7.89. The number of benzene rings is 1. The maximum atomic E-state index is 11.9. The summed E-state index contributed by atoms with van der Waals surface area (Å²) in [7, 11) is -3.54. The summed E-state index contributed by atoms with van der Waals surface area (Å²) in [4.78, 5) is 0.227. The number of rotatable bonds is 4. The molecule has 17 heavy (non-hydrogen) atoms. The Morgan fingerprint density at radius 3 is 2.29 bits per heavy atom. The lowest BCUT2D eigenvalue weighted by atomic mass is 10.1. The van der Waals surface area contributed by atoms with E-state index < -0.39 is 15.6 Å². The standard InChI is InChI=1S/C12H19NO3S/c1-9-5-6-11(7-10(9)2)17(15,16)13-8-12(3,4)14/h5-7,13-14H,8H2,1-4H3. The molecule has 0 amide bonds. The van der Waals surface area contributed by atoms with Gasteiger partial charge in [-0.3, -0.25) is 0 Å². The zero-order valence-corrected chi connectivity index (χ0v) is 11.4. The quantitative estimate of drug-likeness (QED) is 0.855. The molecule has 0 bridgehead atoms. The summed E-state index contributed by atoms with van der Waals surface area (Å²) in [6, 6.07) is 4.96. The number of sulfonamides is 1. The minimum absolute atomic E-state index is 0.0116. The smallest absolute Gasteiger partial charge is 0.240 e. The molecular formula is C12H19NO3S. The van der Waals surface area contributed by atoms with Crippen molar-refractivity contribution in [3.63, 3.8) is 0 Å². The van der Waals surface area contributed by atoms with Gasteiger partial charge in [0.2, 0.25) is 10.0 Å². The van der Waals surface area contributed by atoms with E-state index in [4.69, 9.17) is 0 Å². The molecular weight excluding hydrogens is 238 g/mol. The van der Waals surface area contributed by atoms with Crippen molar-refractivity contribution in [1.82, 2.24) is 4.72 Å². The van der Waals surface area contributed by atoms with Gasteiger partial charge in [-0.25, -0.2) is 13.1 Å². The Bertz CT molecular complexity index is 501. The van der Waals surface area contributed by atoms with Gasteiger partial charge in [0, 0.05) is 6.54 Å². The molecule has 0 unspecified atom stereocenters. The molecule has 0 aliphatic heterocycles. The third kappa shape index (κ3) is 4.11. The lowest BCUT2D eigenvalue weighted by Crippen LogP contribution is -2.38. The zero-order valence-electron chi connectivity index (χ0n) is 10.6. The van der Waals surface area contributed by atoms with Gasteiger partial charge < -0.3 is 5.11 Å². The summed E-state index contributed by atoms with van der Waals surface area (Å²) in [6.45, 7) is 6.88. The number of nitrogens with one attached hydrogen (secondary N) is 1. The van der Waals surface area contributed by atoms with Gasteiger partial charge in [0.1, 0.15) is 0 Å². The Hall–Kier alpha value is -0.910. The monoisotopic (exact) mass is 257 g/mol. The van der Waals surface area contributed by atoms with Crippen molar-refractivity contribution < 1.29 is 13.5 Å². The highest BCUT2D eigenvalue weighted by Gasteiger charge is 2.19. The van der Waals surface area contributed by atoms with Gasteiger partial charge in [-0.15, -0.1) is 0 Å².